The van der Waals surface area contributed by atoms with Gasteiger partial charge in [0.2, 0.25) is 0 Å². The lowest BCUT2D eigenvalue weighted by Gasteiger charge is -2.24. The summed E-state index contributed by atoms with van der Waals surface area (Å²) < 4.78 is 0. The van der Waals surface area contributed by atoms with Crippen molar-refractivity contribution in [2.24, 2.45) is 0 Å². The minimum absolute atomic E-state index is 0.0143. The van der Waals surface area contributed by atoms with Gasteiger partial charge in [-0.1, -0.05) is 36.4 Å². The zero-order chi connectivity index (χ0) is 17.9. The highest BCUT2D eigenvalue weighted by Crippen LogP contribution is 2.36. The van der Waals surface area contributed by atoms with Crippen LogP contribution < -0.4 is 10.6 Å². The Hall–Kier alpha value is -2.31. The molecule has 25 heavy (non-hydrogen) atoms. The monoisotopic (exact) mass is 356 g/mol. The third kappa shape index (κ3) is 3.70. The molecule has 1 aliphatic rings. The van der Waals surface area contributed by atoms with Gasteiger partial charge in [-0.15, -0.1) is 11.8 Å². The van der Waals surface area contributed by atoms with E-state index in [1.54, 1.807) is 12.1 Å². The number of hydrogen-bond donors (Lipinski definition) is 3. The number of amides is 2. The van der Waals surface area contributed by atoms with E-state index in [1.165, 1.54) is 11.8 Å². The first-order chi connectivity index (χ1) is 12.0. The van der Waals surface area contributed by atoms with Crippen molar-refractivity contribution < 1.29 is 14.7 Å². The predicted octanol–water partition coefficient (Wildman–Crippen LogP) is 2.30. The Labute approximate surface area is 150 Å². The predicted molar refractivity (Wildman–Crippen MR) is 98.5 cm³/mol. The Morgan fingerprint density at radius 1 is 1.12 bits per heavy atom. The van der Waals surface area contributed by atoms with Crippen LogP contribution in [0.15, 0.2) is 53.4 Å². The highest BCUT2D eigenvalue weighted by molar-refractivity contribution is 7.98. The van der Waals surface area contributed by atoms with Gasteiger partial charge in [0, 0.05) is 4.90 Å². The fourth-order valence-electron chi connectivity index (χ4n) is 3.09. The largest absolute Gasteiger partial charge is 0.383 e. The van der Waals surface area contributed by atoms with Crippen LogP contribution in [0, 0.1) is 0 Å². The summed E-state index contributed by atoms with van der Waals surface area (Å²) in [5, 5.41) is 16.0. The smallest absolute Gasteiger partial charge is 0.313 e. The summed E-state index contributed by atoms with van der Waals surface area (Å²) in [6, 6.07) is 14.9. The summed E-state index contributed by atoms with van der Waals surface area (Å²) in [6.45, 7) is 0.0143. The van der Waals surface area contributed by atoms with Gasteiger partial charge in [0.1, 0.15) is 5.60 Å². The highest BCUT2D eigenvalue weighted by atomic mass is 32.2. The summed E-state index contributed by atoms with van der Waals surface area (Å²) in [6.07, 6.45) is 3.19. The van der Waals surface area contributed by atoms with Crippen LogP contribution in [0.4, 0.5) is 5.69 Å². The number of hydrogen-bond acceptors (Lipinski definition) is 4. The summed E-state index contributed by atoms with van der Waals surface area (Å²) in [5.74, 6) is -1.50. The van der Waals surface area contributed by atoms with Gasteiger partial charge in [-0.3, -0.25) is 9.59 Å². The first-order valence-corrected chi connectivity index (χ1v) is 9.29. The minimum Gasteiger partial charge on any atom is -0.383 e. The molecule has 130 valence electrons. The molecule has 0 heterocycles. The third-order valence-electron chi connectivity index (χ3n) is 4.43. The number of fused-ring (bicyclic) bond motifs is 1. The molecule has 0 radical (unpaired) electrons. The molecule has 2 aromatic carbocycles. The maximum absolute atomic E-state index is 12.1. The lowest BCUT2D eigenvalue weighted by atomic mass is 9.96. The van der Waals surface area contributed by atoms with E-state index in [0.717, 1.165) is 22.4 Å². The van der Waals surface area contributed by atoms with Crippen LogP contribution in [-0.4, -0.2) is 29.7 Å². The lowest BCUT2D eigenvalue weighted by molar-refractivity contribution is -0.136. The summed E-state index contributed by atoms with van der Waals surface area (Å²) in [7, 11) is 0. The van der Waals surface area contributed by atoms with Crippen LogP contribution in [-0.2, 0) is 21.6 Å². The Kier molecular flexibility index (Phi) is 5.11. The van der Waals surface area contributed by atoms with Crippen molar-refractivity contribution in [1.82, 2.24) is 5.32 Å². The molecule has 5 nitrogen and oxygen atoms in total. The second kappa shape index (κ2) is 7.29. The molecule has 0 fully saturated rings. The van der Waals surface area contributed by atoms with E-state index in [2.05, 4.69) is 10.6 Å². The van der Waals surface area contributed by atoms with Crippen molar-refractivity contribution in [3.05, 3.63) is 59.7 Å². The number of aliphatic hydroxyl groups is 1. The topological polar surface area (TPSA) is 78.4 Å². The number of rotatable bonds is 4. The molecule has 1 aliphatic carbocycles. The van der Waals surface area contributed by atoms with E-state index in [4.69, 9.17) is 0 Å². The Bertz CT molecular complexity index is 809. The van der Waals surface area contributed by atoms with E-state index >= 15 is 0 Å². The first-order valence-electron chi connectivity index (χ1n) is 8.06. The van der Waals surface area contributed by atoms with Gasteiger partial charge >= 0.3 is 11.8 Å². The fraction of sp³-hybridized carbons (Fsp3) is 0.263. The van der Waals surface area contributed by atoms with Crippen LogP contribution in [0.3, 0.4) is 0 Å². The molecule has 0 saturated carbocycles. The van der Waals surface area contributed by atoms with Crippen LogP contribution >= 0.6 is 11.8 Å². The van der Waals surface area contributed by atoms with Crippen LogP contribution in [0.5, 0.6) is 0 Å². The number of benzene rings is 2. The second-order valence-corrected chi connectivity index (χ2v) is 6.87. The minimum atomic E-state index is -1.12. The van der Waals surface area contributed by atoms with Crippen molar-refractivity contribution in [2.75, 3.05) is 18.1 Å². The summed E-state index contributed by atoms with van der Waals surface area (Å²) >= 11 is 1.49. The van der Waals surface area contributed by atoms with Gasteiger partial charge in [0.15, 0.2) is 0 Å². The molecule has 0 spiro atoms. The zero-order valence-corrected chi connectivity index (χ0v) is 14.7. The average Bonchev–Trinajstić information content (AvgIpc) is 2.98. The Balaban J connectivity index is 1.62. The molecular weight excluding hydrogens is 336 g/mol. The molecule has 2 amide bonds. The number of aryl methyl sites for hydroxylation is 1. The quantitative estimate of drug-likeness (QED) is 0.580. The van der Waals surface area contributed by atoms with Gasteiger partial charge in [0.05, 0.1) is 12.2 Å². The SMILES string of the molecule is CSc1ccccc1NC(=O)C(=O)NCC1(O)CCc2ccccc21. The molecular formula is C19H20N2O3S. The summed E-state index contributed by atoms with van der Waals surface area (Å²) in [4.78, 5) is 25.1. The maximum atomic E-state index is 12.1. The maximum Gasteiger partial charge on any atom is 0.313 e. The number of nitrogens with one attached hydrogen (secondary N) is 2. The molecule has 0 aliphatic heterocycles. The summed E-state index contributed by atoms with van der Waals surface area (Å²) in [5.41, 5.74) is 1.38. The third-order valence-corrected chi connectivity index (χ3v) is 5.23. The van der Waals surface area contributed by atoms with E-state index in [1.807, 2.05) is 42.7 Å². The normalized spacial score (nSPS) is 18.5. The lowest BCUT2D eigenvalue weighted by Crippen LogP contribution is -2.43. The van der Waals surface area contributed by atoms with Crippen LogP contribution in [0.25, 0.3) is 0 Å². The van der Waals surface area contributed by atoms with Gasteiger partial charge in [-0.05, 0) is 42.4 Å². The molecule has 2 aromatic rings. The van der Waals surface area contributed by atoms with E-state index in [-0.39, 0.29) is 6.54 Å². The van der Waals surface area contributed by atoms with E-state index in [0.29, 0.717) is 12.1 Å². The standard InChI is InChI=1S/C19H20N2O3S/c1-25-16-9-5-4-8-15(16)21-18(23)17(22)20-12-19(24)11-10-13-6-2-3-7-14(13)19/h2-9,24H,10-12H2,1H3,(H,20,22)(H,21,23). The molecule has 3 N–H and O–H groups in total. The fourth-order valence-corrected chi connectivity index (χ4v) is 3.64. The molecule has 1 atom stereocenters. The molecule has 0 aromatic heterocycles. The highest BCUT2D eigenvalue weighted by Gasteiger charge is 2.37. The van der Waals surface area contributed by atoms with Gasteiger partial charge < -0.3 is 15.7 Å². The molecule has 1 unspecified atom stereocenters. The molecule has 6 heteroatoms. The number of anilines is 1. The van der Waals surface area contributed by atoms with Crippen molar-refractivity contribution in [3.63, 3.8) is 0 Å². The van der Waals surface area contributed by atoms with E-state index in [9.17, 15) is 14.7 Å². The molecule has 0 saturated heterocycles. The van der Waals surface area contributed by atoms with Crippen molar-refractivity contribution >= 4 is 29.3 Å². The van der Waals surface area contributed by atoms with Gasteiger partial charge in [0.25, 0.3) is 0 Å². The number of carbonyl (C=O) groups is 2. The second-order valence-electron chi connectivity index (χ2n) is 6.03. The van der Waals surface area contributed by atoms with Crippen LogP contribution in [0.2, 0.25) is 0 Å². The van der Waals surface area contributed by atoms with E-state index < -0.39 is 17.4 Å². The van der Waals surface area contributed by atoms with Gasteiger partial charge in [-0.2, -0.15) is 0 Å². The number of para-hydroxylation sites is 1. The molecule has 0 bridgehead atoms. The molecule has 3 rings (SSSR count). The Morgan fingerprint density at radius 3 is 2.64 bits per heavy atom. The Morgan fingerprint density at radius 2 is 1.84 bits per heavy atom. The van der Waals surface area contributed by atoms with Gasteiger partial charge in [-0.25, -0.2) is 0 Å². The average molecular weight is 356 g/mol. The number of carbonyl (C=O) groups excluding carboxylic acids is 2. The first kappa shape index (κ1) is 17.5. The number of thioether (sulfide) groups is 1. The van der Waals surface area contributed by atoms with Crippen molar-refractivity contribution in [1.29, 1.82) is 0 Å². The van der Waals surface area contributed by atoms with Crippen LogP contribution in [0.1, 0.15) is 17.5 Å². The van der Waals surface area contributed by atoms with Crippen molar-refractivity contribution in [2.45, 2.75) is 23.3 Å². The van der Waals surface area contributed by atoms with Crippen molar-refractivity contribution in [3.8, 4) is 0 Å². The zero-order valence-electron chi connectivity index (χ0n) is 13.9.